The lowest BCUT2D eigenvalue weighted by atomic mass is 10.1. The Hall–Kier alpha value is -1.91. The van der Waals surface area contributed by atoms with Gasteiger partial charge >= 0.3 is 0 Å². The Labute approximate surface area is 130 Å². The number of nitrogens with zero attached hydrogens (tertiary/aromatic N) is 1. The minimum atomic E-state index is -0.246. The molecule has 2 aromatic rings. The van der Waals surface area contributed by atoms with Crippen molar-refractivity contribution in [1.82, 2.24) is 10.2 Å². The molecule has 1 fully saturated rings. The maximum absolute atomic E-state index is 12.8. The lowest BCUT2D eigenvalue weighted by molar-refractivity contribution is 0.233. The Morgan fingerprint density at radius 2 is 1.55 bits per heavy atom. The average molecular weight is 300 g/mol. The van der Waals surface area contributed by atoms with Gasteiger partial charge in [0, 0.05) is 32.7 Å². The largest absolute Gasteiger partial charge is 0.489 e. The van der Waals surface area contributed by atoms with Crippen LogP contribution in [0, 0.1) is 5.82 Å². The Morgan fingerprint density at radius 3 is 2.23 bits per heavy atom. The van der Waals surface area contributed by atoms with Gasteiger partial charge in [0.2, 0.25) is 0 Å². The van der Waals surface area contributed by atoms with Crippen molar-refractivity contribution in [3.8, 4) is 5.75 Å². The van der Waals surface area contributed by atoms with E-state index >= 15 is 0 Å². The maximum Gasteiger partial charge on any atom is 0.123 e. The molecule has 4 heteroatoms. The molecule has 0 saturated carbocycles. The molecule has 3 rings (SSSR count). The summed E-state index contributed by atoms with van der Waals surface area (Å²) in [6.07, 6.45) is 0. The summed E-state index contributed by atoms with van der Waals surface area (Å²) in [4.78, 5) is 2.46. The fourth-order valence-electron chi connectivity index (χ4n) is 2.57. The monoisotopic (exact) mass is 300 g/mol. The van der Waals surface area contributed by atoms with Crippen LogP contribution in [0.1, 0.15) is 11.1 Å². The zero-order valence-electron chi connectivity index (χ0n) is 12.6. The van der Waals surface area contributed by atoms with Crippen molar-refractivity contribution in [2.24, 2.45) is 0 Å². The maximum atomic E-state index is 12.8. The molecule has 1 saturated heterocycles. The van der Waals surface area contributed by atoms with E-state index in [-0.39, 0.29) is 5.82 Å². The van der Waals surface area contributed by atoms with Gasteiger partial charge in [-0.25, -0.2) is 4.39 Å². The Bertz CT molecular complexity index is 577. The number of piperazine rings is 1. The average Bonchev–Trinajstić information content (AvgIpc) is 2.57. The number of halogens is 1. The molecule has 1 aliphatic heterocycles. The van der Waals surface area contributed by atoms with Gasteiger partial charge in [0.25, 0.3) is 0 Å². The third-order valence-electron chi connectivity index (χ3n) is 3.86. The van der Waals surface area contributed by atoms with E-state index in [9.17, 15) is 4.39 Å². The van der Waals surface area contributed by atoms with Crippen molar-refractivity contribution < 1.29 is 9.13 Å². The zero-order valence-corrected chi connectivity index (χ0v) is 12.6. The second-order valence-electron chi connectivity index (χ2n) is 5.59. The van der Waals surface area contributed by atoms with Gasteiger partial charge in [-0.3, -0.25) is 4.90 Å². The summed E-state index contributed by atoms with van der Waals surface area (Å²) < 4.78 is 18.5. The van der Waals surface area contributed by atoms with E-state index in [4.69, 9.17) is 4.74 Å². The van der Waals surface area contributed by atoms with E-state index in [1.165, 1.54) is 17.7 Å². The van der Waals surface area contributed by atoms with Gasteiger partial charge in [0.1, 0.15) is 18.2 Å². The molecular formula is C18H21FN2O. The molecule has 0 atom stereocenters. The molecule has 2 aromatic carbocycles. The first-order valence-corrected chi connectivity index (χ1v) is 7.69. The van der Waals surface area contributed by atoms with Gasteiger partial charge in [-0.1, -0.05) is 24.3 Å². The highest BCUT2D eigenvalue weighted by Gasteiger charge is 2.09. The molecule has 0 amide bonds. The van der Waals surface area contributed by atoms with Crippen molar-refractivity contribution in [2.45, 2.75) is 13.2 Å². The van der Waals surface area contributed by atoms with E-state index in [0.29, 0.717) is 12.4 Å². The van der Waals surface area contributed by atoms with Crippen LogP contribution in [0.15, 0.2) is 48.5 Å². The van der Waals surface area contributed by atoms with E-state index in [1.807, 2.05) is 0 Å². The summed E-state index contributed by atoms with van der Waals surface area (Å²) in [6.45, 7) is 5.86. The zero-order chi connectivity index (χ0) is 15.2. The summed E-state index contributed by atoms with van der Waals surface area (Å²) in [5, 5.41) is 3.36. The number of benzene rings is 2. The quantitative estimate of drug-likeness (QED) is 0.919. The fourth-order valence-corrected chi connectivity index (χ4v) is 2.57. The van der Waals surface area contributed by atoms with Crippen LogP contribution in [0.25, 0.3) is 0 Å². The highest BCUT2D eigenvalue weighted by atomic mass is 19.1. The van der Waals surface area contributed by atoms with Crippen molar-refractivity contribution in [3.05, 3.63) is 65.5 Å². The molecule has 0 unspecified atom stereocenters. The SMILES string of the molecule is Fc1ccc(OCc2ccc(CN3CCNCC3)cc2)cc1. The first kappa shape index (κ1) is 15.0. The summed E-state index contributed by atoms with van der Waals surface area (Å²) in [5.74, 6) is 0.441. The van der Waals surface area contributed by atoms with Crippen LogP contribution in [-0.4, -0.2) is 31.1 Å². The molecule has 0 bridgehead atoms. The number of nitrogens with one attached hydrogen (secondary N) is 1. The van der Waals surface area contributed by atoms with Gasteiger partial charge in [-0.05, 0) is 35.4 Å². The highest BCUT2D eigenvalue weighted by Crippen LogP contribution is 2.14. The van der Waals surface area contributed by atoms with Crippen molar-refractivity contribution in [1.29, 1.82) is 0 Å². The van der Waals surface area contributed by atoms with Gasteiger partial charge in [0.05, 0.1) is 0 Å². The van der Waals surface area contributed by atoms with Crippen LogP contribution in [0.5, 0.6) is 5.75 Å². The summed E-state index contributed by atoms with van der Waals surface area (Å²) in [7, 11) is 0. The van der Waals surface area contributed by atoms with Crippen LogP contribution < -0.4 is 10.1 Å². The van der Waals surface area contributed by atoms with Crippen LogP contribution in [0.2, 0.25) is 0 Å². The molecule has 0 aliphatic carbocycles. The second-order valence-corrected chi connectivity index (χ2v) is 5.59. The Morgan fingerprint density at radius 1 is 0.909 bits per heavy atom. The smallest absolute Gasteiger partial charge is 0.123 e. The van der Waals surface area contributed by atoms with Crippen molar-refractivity contribution in [2.75, 3.05) is 26.2 Å². The third kappa shape index (κ3) is 4.29. The van der Waals surface area contributed by atoms with Gasteiger partial charge < -0.3 is 10.1 Å². The van der Waals surface area contributed by atoms with E-state index in [2.05, 4.69) is 34.5 Å². The topological polar surface area (TPSA) is 24.5 Å². The van der Waals surface area contributed by atoms with Gasteiger partial charge in [-0.15, -0.1) is 0 Å². The Balaban J connectivity index is 1.51. The molecule has 0 radical (unpaired) electrons. The lowest BCUT2D eigenvalue weighted by Crippen LogP contribution is -2.42. The minimum Gasteiger partial charge on any atom is -0.489 e. The first-order valence-electron chi connectivity index (χ1n) is 7.69. The number of ether oxygens (including phenoxy) is 1. The van der Waals surface area contributed by atoms with Crippen molar-refractivity contribution in [3.63, 3.8) is 0 Å². The standard InChI is InChI=1S/C18H21FN2O/c19-17-5-7-18(8-6-17)22-14-16-3-1-15(2-4-16)13-21-11-9-20-10-12-21/h1-8,20H,9-14H2. The number of hydrogen-bond donors (Lipinski definition) is 1. The predicted octanol–water partition coefficient (Wildman–Crippen LogP) is 2.81. The molecule has 0 aromatic heterocycles. The third-order valence-corrected chi connectivity index (χ3v) is 3.86. The lowest BCUT2D eigenvalue weighted by Gasteiger charge is -2.27. The fraction of sp³-hybridized carbons (Fsp3) is 0.333. The molecular weight excluding hydrogens is 279 g/mol. The molecule has 3 nitrogen and oxygen atoms in total. The molecule has 1 heterocycles. The second kappa shape index (κ2) is 7.38. The number of rotatable bonds is 5. The van der Waals surface area contributed by atoms with Crippen LogP contribution in [0.4, 0.5) is 4.39 Å². The highest BCUT2D eigenvalue weighted by molar-refractivity contribution is 5.25. The van der Waals surface area contributed by atoms with Gasteiger partial charge in [0.15, 0.2) is 0 Å². The van der Waals surface area contributed by atoms with Crippen LogP contribution in [-0.2, 0) is 13.2 Å². The molecule has 1 N–H and O–H groups in total. The minimum absolute atomic E-state index is 0.246. The summed E-state index contributed by atoms with van der Waals surface area (Å²) in [5.41, 5.74) is 2.45. The van der Waals surface area contributed by atoms with Crippen LogP contribution in [0.3, 0.4) is 0 Å². The molecule has 22 heavy (non-hydrogen) atoms. The summed E-state index contributed by atoms with van der Waals surface area (Å²) in [6, 6.07) is 14.6. The van der Waals surface area contributed by atoms with E-state index in [1.54, 1.807) is 12.1 Å². The Kier molecular flexibility index (Phi) is 5.03. The number of hydrogen-bond acceptors (Lipinski definition) is 3. The first-order chi connectivity index (χ1) is 10.8. The van der Waals surface area contributed by atoms with Gasteiger partial charge in [-0.2, -0.15) is 0 Å². The van der Waals surface area contributed by atoms with Crippen LogP contribution >= 0.6 is 0 Å². The van der Waals surface area contributed by atoms with E-state index in [0.717, 1.165) is 38.3 Å². The van der Waals surface area contributed by atoms with E-state index < -0.39 is 0 Å². The molecule has 0 spiro atoms. The molecule has 1 aliphatic rings. The normalized spacial score (nSPS) is 15.7. The predicted molar refractivity (Wildman–Crippen MR) is 85.3 cm³/mol. The summed E-state index contributed by atoms with van der Waals surface area (Å²) >= 11 is 0. The van der Waals surface area contributed by atoms with Crippen molar-refractivity contribution >= 4 is 0 Å². The molecule has 116 valence electrons.